The number of allylic oxidation sites excluding steroid dienone is 1. The summed E-state index contributed by atoms with van der Waals surface area (Å²) in [5, 5.41) is 0. The molecule has 0 radical (unpaired) electrons. The minimum absolute atomic E-state index is 0.134. The van der Waals surface area contributed by atoms with Gasteiger partial charge >= 0.3 is 11.9 Å². The fourth-order valence-electron chi connectivity index (χ4n) is 4.44. The Kier molecular flexibility index (Phi) is 8.73. The second-order valence-corrected chi connectivity index (χ2v) is 11.4. The number of carbonyl (C=O) groups is 2. The maximum absolute atomic E-state index is 13.9. The van der Waals surface area contributed by atoms with E-state index in [1.54, 1.807) is 25.1 Å². The molecule has 0 spiro atoms. The van der Waals surface area contributed by atoms with E-state index in [-0.39, 0.29) is 29.4 Å². The average molecular weight is 563 g/mol. The number of hydrogen-bond donors (Lipinski definition) is 0. The number of nitrogens with zero attached hydrogens (tertiary/aromatic N) is 2. The first-order valence-corrected chi connectivity index (χ1v) is 14.0. The SMILES string of the molecule is COc1cc([C@@H]2C(C(=O)OCC(C)C)=C(C)N=c3s/c(=C/c4ccc(C(C)C)cc4)c(=O)n32)ccc1OC(C)=O. The molecule has 0 amide bonds. The highest BCUT2D eigenvalue weighted by molar-refractivity contribution is 7.07. The van der Waals surface area contributed by atoms with Crippen molar-refractivity contribution in [1.29, 1.82) is 0 Å². The molecular formula is C31H34N2O6S. The van der Waals surface area contributed by atoms with Gasteiger partial charge in [-0.25, -0.2) is 9.79 Å². The van der Waals surface area contributed by atoms with Crippen LogP contribution in [0.4, 0.5) is 0 Å². The smallest absolute Gasteiger partial charge is 0.338 e. The largest absolute Gasteiger partial charge is 0.493 e. The molecule has 4 rings (SSSR count). The molecule has 210 valence electrons. The zero-order valence-corrected chi connectivity index (χ0v) is 24.6. The van der Waals surface area contributed by atoms with E-state index in [2.05, 4.69) is 31.0 Å². The summed E-state index contributed by atoms with van der Waals surface area (Å²) in [7, 11) is 1.46. The minimum atomic E-state index is -0.818. The Balaban J connectivity index is 1.90. The topological polar surface area (TPSA) is 96.2 Å². The molecule has 1 aromatic heterocycles. The van der Waals surface area contributed by atoms with Crippen molar-refractivity contribution in [3.63, 3.8) is 0 Å². The van der Waals surface area contributed by atoms with E-state index in [4.69, 9.17) is 14.2 Å². The van der Waals surface area contributed by atoms with Crippen molar-refractivity contribution in [1.82, 2.24) is 4.57 Å². The lowest BCUT2D eigenvalue weighted by Gasteiger charge is -2.25. The van der Waals surface area contributed by atoms with Gasteiger partial charge in [0.05, 0.1) is 35.6 Å². The van der Waals surface area contributed by atoms with Gasteiger partial charge in [-0.3, -0.25) is 14.2 Å². The summed E-state index contributed by atoms with van der Waals surface area (Å²) in [4.78, 5) is 44.0. The van der Waals surface area contributed by atoms with Gasteiger partial charge in [-0.1, -0.05) is 69.4 Å². The molecule has 40 heavy (non-hydrogen) atoms. The molecule has 1 aliphatic rings. The maximum atomic E-state index is 13.9. The number of benzene rings is 2. The summed E-state index contributed by atoms with van der Waals surface area (Å²) in [5.41, 5.74) is 3.16. The lowest BCUT2D eigenvalue weighted by atomic mass is 9.95. The van der Waals surface area contributed by atoms with E-state index >= 15 is 0 Å². The molecule has 3 aromatic rings. The van der Waals surface area contributed by atoms with Crippen LogP contribution in [0.25, 0.3) is 6.08 Å². The summed E-state index contributed by atoms with van der Waals surface area (Å²) < 4.78 is 18.4. The fraction of sp³-hybridized carbons (Fsp3) is 0.355. The average Bonchev–Trinajstić information content (AvgIpc) is 3.20. The molecule has 0 N–H and O–H groups in total. The Bertz CT molecular complexity index is 1640. The van der Waals surface area contributed by atoms with Crippen LogP contribution in [0.15, 0.2) is 63.5 Å². The first-order chi connectivity index (χ1) is 19.0. The highest BCUT2D eigenvalue weighted by Crippen LogP contribution is 2.36. The van der Waals surface area contributed by atoms with Crippen LogP contribution in [0.5, 0.6) is 11.5 Å². The van der Waals surface area contributed by atoms with E-state index in [0.29, 0.717) is 32.3 Å². The van der Waals surface area contributed by atoms with Crippen LogP contribution in [0.3, 0.4) is 0 Å². The number of carbonyl (C=O) groups excluding carboxylic acids is 2. The van der Waals surface area contributed by atoms with Crippen LogP contribution in [-0.4, -0.2) is 30.2 Å². The van der Waals surface area contributed by atoms with Gasteiger partial charge in [0.2, 0.25) is 0 Å². The number of hydrogen-bond acceptors (Lipinski definition) is 8. The van der Waals surface area contributed by atoms with Gasteiger partial charge in [0, 0.05) is 6.92 Å². The first-order valence-electron chi connectivity index (χ1n) is 13.2. The number of aromatic nitrogens is 1. The fourth-order valence-corrected chi connectivity index (χ4v) is 5.49. The molecule has 0 bridgehead atoms. The molecular weight excluding hydrogens is 528 g/mol. The number of ether oxygens (including phenoxy) is 3. The summed E-state index contributed by atoms with van der Waals surface area (Å²) in [6, 6.07) is 12.2. The number of esters is 2. The molecule has 1 aliphatic heterocycles. The third-order valence-corrected chi connectivity index (χ3v) is 7.43. The molecule has 2 heterocycles. The van der Waals surface area contributed by atoms with Gasteiger partial charge in [0.1, 0.15) is 0 Å². The lowest BCUT2D eigenvalue weighted by molar-refractivity contribution is -0.140. The second kappa shape index (κ2) is 12.0. The van der Waals surface area contributed by atoms with Crippen molar-refractivity contribution in [2.75, 3.05) is 13.7 Å². The Morgan fingerprint density at radius 3 is 2.38 bits per heavy atom. The highest BCUT2D eigenvalue weighted by atomic mass is 32.1. The molecule has 0 saturated carbocycles. The molecule has 8 nitrogen and oxygen atoms in total. The molecule has 0 unspecified atom stereocenters. The maximum Gasteiger partial charge on any atom is 0.338 e. The van der Waals surface area contributed by atoms with Crippen molar-refractivity contribution >= 4 is 29.4 Å². The zero-order valence-electron chi connectivity index (χ0n) is 23.8. The molecule has 0 aliphatic carbocycles. The van der Waals surface area contributed by atoms with Gasteiger partial charge in [-0.15, -0.1) is 0 Å². The van der Waals surface area contributed by atoms with Crippen molar-refractivity contribution in [2.45, 2.75) is 53.5 Å². The number of fused-ring (bicyclic) bond motifs is 1. The predicted molar refractivity (Wildman–Crippen MR) is 154 cm³/mol. The van der Waals surface area contributed by atoms with E-state index < -0.39 is 18.0 Å². The predicted octanol–water partition coefficient (Wildman–Crippen LogP) is 4.49. The van der Waals surface area contributed by atoms with Crippen molar-refractivity contribution in [3.8, 4) is 11.5 Å². The first kappa shape index (κ1) is 29.0. The van der Waals surface area contributed by atoms with Crippen molar-refractivity contribution in [2.24, 2.45) is 10.9 Å². The lowest BCUT2D eigenvalue weighted by Crippen LogP contribution is -2.40. The van der Waals surface area contributed by atoms with Gasteiger partial charge in [-0.05, 0) is 53.7 Å². The van der Waals surface area contributed by atoms with Gasteiger partial charge in [0.25, 0.3) is 5.56 Å². The number of rotatable bonds is 8. The second-order valence-electron chi connectivity index (χ2n) is 10.4. The van der Waals surface area contributed by atoms with Gasteiger partial charge in [-0.2, -0.15) is 0 Å². The Hall–Kier alpha value is -3.98. The van der Waals surface area contributed by atoms with Crippen molar-refractivity contribution < 1.29 is 23.8 Å². The van der Waals surface area contributed by atoms with Crippen molar-refractivity contribution in [3.05, 3.63) is 90.1 Å². The summed E-state index contributed by atoms with van der Waals surface area (Å²) >= 11 is 1.26. The van der Waals surface area contributed by atoms with Gasteiger partial charge < -0.3 is 14.2 Å². The van der Waals surface area contributed by atoms with E-state index in [1.807, 2.05) is 32.1 Å². The summed E-state index contributed by atoms with van der Waals surface area (Å²) in [6.45, 7) is 11.4. The van der Waals surface area contributed by atoms with Crippen LogP contribution in [0.2, 0.25) is 0 Å². The molecule has 9 heteroatoms. The number of thiazole rings is 1. The van der Waals surface area contributed by atoms with E-state index in [1.165, 1.54) is 35.5 Å². The molecule has 1 atom stereocenters. The van der Waals surface area contributed by atoms with E-state index in [0.717, 1.165) is 5.56 Å². The van der Waals surface area contributed by atoms with Crippen LogP contribution in [0.1, 0.15) is 70.2 Å². The third-order valence-electron chi connectivity index (χ3n) is 6.45. The molecule has 0 saturated heterocycles. The minimum Gasteiger partial charge on any atom is -0.493 e. The van der Waals surface area contributed by atoms with E-state index in [9.17, 15) is 14.4 Å². The number of methoxy groups -OCH3 is 1. The summed E-state index contributed by atoms with van der Waals surface area (Å²) in [5.74, 6) is 0.0380. The molecule has 2 aromatic carbocycles. The standard InChI is InChI=1S/C31H34N2O6S/c1-17(2)16-38-30(36)27-19(5)32-31-33(28(27)23-12-13-24(39-20(6)34)25(15-23)37-7)29(35)26(40-31)14-21-8-10-22(11-9-21)18(3)4/h8-15,17-18,28H,16H2,1-7H3/b26-14+/t28-/m1/s1. The van der Waals surface area contributed by atoms with Crippen LogP contribution in [-0.2, 0) is 14.3 Å². The van der Waals surface area contributed by atoms with Crippen LogP contribution >= 0.6 is 11.3 Å². The normalized spacial score (nSPS) is 15.2. The zero-order chi connectivity index (χ0) is 29.1. The van der Waals surface area contributed by atoms with Crippen LogP contribution in [0, 0.1) is 5.92 Å². The highest BCUT2D eigenvalue weighted by Gasteiger charge is 2.34. The van der Waals surface area contributed by atoms with Crippen LogP contribution < -0.4 is 24.4 Å². The third kappa shape index (κ3) is 6.09. The molecule has 0 fully saturated rings. The Morgan fingerprint density at radius 1 is 1.07 bits per heavy atom. The monoisotopic (exact) mass is 562 g/mol. The quantitative estimate of drug-likeness (QED) is 0.297. The summed E-state index contributed by atoms with van der Waals surface area (Å²) in [6.07, 6.45) is 1.84. The van der Waals surface area contributed by atoms with Gasteiger partial charge in [0.15, 0.2) is 16.3 Å². The Morgan fingerprint density at radius 2 is 1.77 bits per heavy atom. The Labute approximate surface area is 237 Å².